The molecule has 0 saturated heterocycles. The Balaban J connectivity index is 2.37. The summed E-state index contributed by atoms with van der Waals surface area (Å²) < 4.78 is 7.32. The molecule has 5 nitrogen and oxygen atoms in total. The van der Waals surface area contributed by atoms with Crippen molar-refractivity contribution in [1.82, 2.24) is 4.57 Å². The Morgan fingerprint density at radius 1 is 1.44 bits per heavy atom. The molecule has 0 aliphatic heterocycles. The highest BCUT2D eigenvalue weighted by Gasteiger charge is 2.04. The Morgan fingerprint density at radius 2 is 2.31 bits per heavy atom. The van der Waals surface area contributed by atoms with Crippen molar-refractivity contribution in [3.63, 3.8) is 0 Å². The average Bonchev–Trinajstić information content (AvgIpc) is 2.73. The highest BCUT2D eigenvalue weighted by molar-refractivity contribution is 5.86. The molecule has 0 saturated carbocycles. The minimum Gasteiger partial charge on any atom is -0.496 e. The van der Waals surface area contributed by atoms with Crippen molar-refractivity contribution in [3.05, 3.63) is 40.9 Å². The van der Waals surface area contributed by atoms with E-state index in [2.05, 4.69) is 10.0 Å². The summed E-state index contributed by atoms with van der Waals surface area (Å²) in [7, 11) is 1.66. The van der Waals surface area contributed by atoms with E-state index in [-0.39, 0.29) is 0 Å². The molecule has 0 unspecified atom stereocenters. The van der Waals surface area contributed by atoms with Crippen LogP contribution in [0.15, 0.2) is 35.6 Å². The first kappa shape index (κ1) is 10.4. The third-order valence-corrected chi connectivity index (χ3v) is 2.50. The molecule has 1 aromatic carbocycles. The third kappa shape index (κ3) is 1.81. The van der Waals surface area contributed by atoms with E-state index >= 15 is 0 Å². The number of nitrogens with zero attached hydrogens (tertiary/aromatic N) is 4. The number of hydrogen-bond donors (Lipinski definition) is 0. The van der Waals surface area contributed by atoms with Crippen LogP contribution in [0, 0.1) is 0 Å². The molecule has 2 aromatic rings. The lowest BCUT2D eigenvalue weighted by atomic mass is 10.2. The van der Waals surface area contributed by atoms with Crippen LogP contribution in [0.2, 0.25) is 0 Å². The van der Waals surface area contributed by atoms with E-state index in [1.54, 1.807) is 7.11 Å². The molecule has 0 N–H and O–H groups in total. The van der Waals surface area contributed by atoms with Gasteiger partial charge >= 0.3 is 0 Å². The molecule has 2 rings (SSSR count). The first-order valence-corrected chi connectivity index (χ1v) is 4.99. The van der Waals surface area contributed by atoms with Gasteiger partial charge in [0.1, 0.15) is 5.75 Å². The summed E-state index contributed by atoms with van der Waals surface area (Å²) in [6.45, 7) is 1.14. The summed E-state index contributed by atoms with van der Waals surface area (Å²) in [4.78, 5) is 2.74. The second kappa shape index (κ2) is 4.59. The molecule has 16 heavy (non-hydrogen) atoms. The zero-order chi connectivity index (χ0) is 11.4. The molecule has 0 amide bonds. The Kier molecular flexibility index (Phi) is 2.98. The predicted octanol–water partition coefficient (Wildman–Crippen LogP) is 2.96. The molecule has 0 bridgehead atoms. The van der Waals surface area contributed by atoms with Crippen LogP contribution in [0.4, 0.5) is 0 Å². The molecule has 0 atom stereocenters. The van der Waals surface area contributed by atoms with Crippen LogP contribution in [0.5, 0.6) is 5.75 Å². The van der Waals surface area contributed by atoms with E-state index in [1.807, 2.05) is 35.0 Å². The van der Waals surface area contributed by atoms with Crippen molar-refractivity contribution in [2.75, 3.05) is 13.7 Å². The standard InChI is InChI=1S/C11H12N4O/c1-16-11-4-2-3-10-9(11)5-7-15(10)8-6-13-14-12/h2-5,7H,6,8H2,1H3. The van der Waals surface area contributed by atoms with Gasteiger partial charge in [0.2, 0.25) is 0 Å². The van der Waals surface area contributed by atoms with Crippen molar-refractivity contribution in [2.45, 2.75) is 6.54 Å². The lowest BCUT2D eigenvalue weighted by molar-refractivity contribution is 0.420. The molecule has 0 fully saturated rings. The van der Waals surface area contributed by atoms with Gasteiger partial charge in [0.25, 0.3) is 0 Å². The average molecular weight is 216 g/mol. The van der Waals surface area contributed by atoms with Gasteiger partial charge in [-0.25, -0.2) is 0 Å². The quantitative estimate of drug-likeness (QED) is 0.440. The number of aromatic nitrogens is 1. The van der Waals surface area contributed by atoms with E-state index in [9.17, 15) is 0 Å². The van der Waals surface area contributed by atoms with Crippen molar-refractivity contribution >= 4 is 10.9 Å². The molecule has 5 heteroatoms. The Labute approximate surface area is 92.9 Å². The smallest absolute Gasteiger partial charge is 0.128 e. The fraction of sp³-hybridized carbons (Fsp3) is 0.273. The largest absolute Gasteiger partial charge is 0.496 e. The van der Waals surface area contributed by atoms with Gasteiger partial charge in [-0.15, -0.1) is 0 Å². The van der Waals surface area contributed by atoms with Gasteiger partial charge < -0.3 is 9.30 Å². The Hall–Kier alpha value is -2.13. The summed E-state index contributed by atoms with van der Waals surface area (Å²) in [5, 5.41) is 4.60. The Morgan fingerprint density at radius 3 is 3.06 bits per heavy atom. The number of benzene rings is 1. The number of rotatable bonds is 4. The van der Waals surface area contributed by atoms with Gasteiger partial charge in [-0.2, -0.15) is 0 Å². The van der Waals surface area contributed by atoms with Gasteiger partial charge in [0.15, 0.2) is 0 Å². The lowest BCUT2D eigenvalue weighted by Gasteiger charge is -2.04. The second-order valence-corrected chi connectivity index (χ2v) is 3.36. The van der Waals surface area contributed by atoms with Crippen molar-refractivity contribution < 1.29 is 4.74 Å². The van der Waals surface area contributed by atoms with Gasteiger partial charge in [0, 0.05) is 29.6 Å². The van der Waals surface area contributed by atoms with E-state index < -0.39 is 0 Å². The zero-order valence-electron chi connectivity index (χ0n) is 9.00. The minimum absolute atomic E-state index is 0.456. The van der Waals surface area contributed by atoms with E-state index in [0.717, 1.165) is 16.7 Å². The van der Waals surface area contributed by atoms with Crippen LogP contribution < -0.4 is 4.74 Å². The highest BCUT2D eigenvalue weighted by Crippen LogP contribution is 2.25. The van der Waals surface area contributed by atoms with Crippen LogP contribution in [0.25, 0.3) is 21.3 Å². The molecule has 0 aliphatic rings. The summed E-state index contributed by atoms with van der Waals surface area (Å²) in [5.41, 5.74) is 9.31. The maximum absolute atomic E-state index is 8.22. The lowest BCUT2D eigenvalue weighted by Crippen LogP contribution is -1.98. The fourth-order valence-electron chi connectivity index (χ4n) is 1.77. The van der Waals surface area contributed by atoms with Gasteiger partial charge in [-0.05, 0) is 23.7 Å². The number of hydrogen-bond acceptors (Lipinski definition) is 2. The summed E-state index contributed by atoms with van der Waals surface area (Å²) in [5.74, 6) is 0.861. The monoisotopic (exact) mass is 216 g/mol. The Bertz CT molecular complexity index is 540. The van der Waals surface area contributed by atoms with Gasteiger partial charge in [0.05, 0.1) is 12.6 Å². The number of methoxy groups -OCH3 is 1. The van der Waals surface area contributed by atoms with Crippen molar-refractivity contribution in [2.24, 2.45) is 5.11 Å². The molecular formula is C11H12N4O. The molecule has 0 radical (unpaired) electrons. The number of ether oxygens (including phenoxy) is 1. The molecule has 82 valence electrons. The third-order valence-electron chi connectivity index (χ3n) is 2.50. The van der Waals surface area contributed by atoms with Crippen LogP contribution in [0.3, 0.4) is 0 Å². The van der Waals surface area contributed by atoms with Crippen LogP contribution in [0.1, 0.15) is 0 Å². The summed E-state index contributed by atoms with van der Waals surface area (Å²) in [6, 6.07) is 7.91. The minimum atomic E-state index is 0.456. The summed E-state index contributed by atoms with van der Waals surface area (Å²) >= 11 is 0. The van der Waals surface area contributed by atoms with E-state index in [1.165, 1.54) is 0 Å². The van der Waals surface area contributed by atoms with Gasteiger partial charge in [-0.3, -0.25) is 0 Å². The molecular weight excluding hydrogens is 204 g/mol. The van der Waals surface area contributed by atoms with E-state index in [4.69, 9.17) is 10.3 Å². The fourth-order valence-corrected chi connectivity index (χ4v) is 1.77. The second-order valence-electron chi connectivity index (χ2n) is 3.36. The number of fused-ring (bicyclic) bond motifs is 1. The zero-order valence-corrected chi connectivity index (χ0v) is 9.00. The topological polar surface area (TPSA) is 62.9 Å². The van der Waals surface area contributed by atoms with Crippen molar-refractivity contribution in [1.29, 1.82) is 0 Å². The van der Waals surface area contributed by atoms with Crippen LogP contribution in [-0.4, -0.2) is 18.2 Å². The molecule has 0 spiro atoms. The van der Waals surface area contributed by atoms with Crippen LogP contribution in [-0.2, 0) is 6.54 Å². The molecule has 1 aromatic heterocycles. The molecule has 1 heterocycles. The summed E-state index contributed by atoms with van der Waals surface area (Å²) in [6.07, 6.45) is 1.97. The highest BCUT2D eigenvalue weighted by atomic mass is 16.5. The van der Waals surface area contributed by atoms with E-state index in [0.29, 0.717) is 13.1 Å². The maximum Gasteiger partial charge on any atom is 0.128 e. The first-order chi connectivity index (χ1) is 7.86. The van der Waals surface area contributed by atoms with Crippen LogP contribution >= 0.6 is 0 Å². The van der Waals surface area contributed by atoms with Crippen molar-refractivity contribution in [3.8, 4) is 5.75 Å². The number of azide groups is 1. The van der Waals surface area contributed by atoms with Gasteiger partial charge in [-0.1, -0.05) is 11.2 Å². The first-order valence-electron chi connectivity index (χ1n) is 4.99. The maximum atomic E-state index is 8.22. The SMILES string of the molecule is COc1cccc2c1ccn2CCN=[N+]=[N-]. The predicted molar refractivity (Wildman–Crippen MR) is 62.5 cm³/mol. The molecule has 0 aliphatic carbocycles. The normalized spacial score (nSPS) is 10.1.